The average Bonchev–Trinajstić information content (AvgIpc) is 3.00. The van der Waals surface area contributed by atoms with Crippen LogP contribution in [0.5, 0.6) is 0 Å². The number of nitrogens with zero attached hydrogens (tertiary/aromatic N) is 2. The predicted molar refractivity (Wildman–Crippen MR) is 119 cm³/mol. The highest BCUT2D eigenvalue weighted by molar-refractivity contribution is 6.32. The summed E-state index contributed by atoms with van der Waals surface area (Å²) in [6.07, 6.45) is -3.14. The van der Waals surface area contributed by atoms with Gasteiger partial charge in [-0.15, -0.1) is 0 Å². The zero-order chi connectivity index (χ0) is 23.6. The molecule has 3 rings (SSSR count). The zero-order valence-electron chi connectivity index (χ0n) is 16.9. The molecule has 32 heavy (non-hydrogen) atoms. The normalized spacial score (nSPS) is 11.9. The summed E-state index contributed by atoms with van der Waals surface area (Å²) < 4.78 is 41.1. The van der Waals surface area contributed by atoms with Gasteiger partial charge in [-0.05, 0) is 74.0 Å². The number of rotatable bonds is 4. The molecule has 1 N–H and O–H groups in total. The number of nitrogens with one attached hydrogen (secondary N) is 1. The third-order valence-electron chi connectivity index (χ3n) is 4.75. The molecule has 0 bridgehead atoms. The topological polar surface area (TPSA) is 57.8 Å². The monoisotopic (exact) mass is 477 g/mol. The van der Waals surface area contributed by atoms with Gasteiger partial charge in [0.25, 0.3) is 5.91 Å². The Kier molecular flexibility index (Phi) is 6.68. The van der Waals surface area contributed by atoms with Gasteiger partial charge in [0.2, 0.25) is 0 Å². The van der Waals surface area contributed by atoms with E-state index in [1.807, 2.05) is 6.07 Å². The van der Waals surface area contributed by atoms with Crippen LogP contribution in [0.15, 0.2) is 54.1 Å². The molecule has 9 heteroatoms. The van der Waals surface area contributed by atoms with Crippen molar-refractivity contribution in [1.82, 2.24) is 4.57 Å². The van der Waals surface area contributed by atoms with E-state index in [0.717, 1.165) is 12.1 Å². The molecule has 3 aromatic rings. The lowest BCUT2D eigenvalue weighted by molar-refractivity contribution is -0.137. The lowest BCUT2D eigenvalue weighted by Crippen LogP contribution is -2.13. The van der Waals surface area contributed by atoms with Crippen LogP contribution in [0.25, 0.3) is 11.8 Å². The van der Waals surface area contributed by atoms with Gasteiger partial charge in [-0.2, -0.15) is 18.4 Å². The Balaban J connectivity index is 2.00. The van der Waals surface area contributed by atoms with Gasteiger partial charge in [0.15, 0.2) is 0 Å². The van der Waals surface area contributed by atoms with E-state index in [1.165, 1.54) is 12.1 Å². The summed E-state index contributed by atoms with van der Waals surface area (Å²) in [7, 11) is 0. The molecule has 1 amide bonds. The molecule has 0 fully saturated rings. The molecule has 0 aliphatic rings. The van der Waals surface area contributed by atoms with Crippen molar-refractivity contribution in [1.29, 1.82) is 5.26 Å². The van der Waals surface area contributed by atoms with E-state index in [0.29, 0.717) is 27.7 Å². The molecule has 0 atom stereocenters. The summed E-state index contributed by atoms with van der Waals surface area (Å²) >= 11 is 12.0. The van der Waals surface area contributed by atoms with Crippen molar-refractivity contribution in [2.75, 3.05) is 5.32 Å². The van der Waals surface area contributed by atoms with Crippen LogP contribution in [0, 0.1) is 25.2 Å². The molecule has 0 radical (unpaired) electrons. The number of anilines is 1. The SMILES string of the molecule is Cc1cc(C=C(C#N)C(=O)Nc2ccc(Cl)cc2)c(C)n1-c1cc(C(F)(F)F)ccc1Cl. The third kappa shape index (κ3) is 4.98. The summed E-state index contributed by atoms with van der Waals surface area (Å²) in [4.78, 5) is 12.5. The maximum atomic E-state index is 13.2. The van der Waals surface area contributed by atoms with E-state index in [1.54, 1.807) is 48.7 Å². The van der Waals surface area contributed by atoms with E-state index < -0.39 is 17.6 Å². The quantitative estimate of drug-likeness (QED) is 0.325. The van der Waals surface area contributed by atoms with Crippen LogP contribution in [0.3, 0.4) is 0 Å². The molecule has 164 valence electrons. The lowest BCUT2D eigenvalue weighted by atomic mass is 10.1. The first kappa shape index (κ1) is 23.5. The minimum atomic E-state index is -4.52. The highest BCUT2D eigenvalue weighted by Crippen LogP contribution is 2.35. The van der Waals surface area contributed by atoms with Gasteiger partial charge in [-0.1, -0.05) is 23.2 Å². The van der Waals surface area contributed by atoms with E-state index in [-0.39, 0.29) is 16.3 Å². The Morgan fingerprint density at radius 2 is 1.75 bits per heavy atom. The third-order valence-corrected chi connectivity index (χ3v) is 5.32. The first-order chi connectivity index (χ1) is 15.0. The second-order valence-electron chi connectivity index (χ2n) is 6.96. The summed E-state index contributed by atoms with van der Waals surface area (Å²) in [6.45, 7) is 3.36. The minimum absolute atomic E-state index is 0.135. The number of carbonyl (C=O) groups is 1. The van der Waals surface area contributed by atoms with Crippen LogP contribution in [0.2, 0.25) is 10.0 Å². The Morgan fingerprint density at radius 3 is 2.34 bits per heavy atom. The second-order valence-corrected chi connectivity index (χ2v) is 7.80. The smallest absolute Gasteiger partial charge is 0.321 e. The van der Waals surface area contributed by atoms with Crippen LogP contribution in [-0.4, -0.2) is 10.5 Å². The first-order valence-electron chi connectivity index (χ1n) is 9.26. The van der Waals surface area contributed by atoms with E-state index >= 15 is 0 Å². The molecule has 0 aliphatic carbocycles. The number of benzene rings is 2. The van der Waals surface area contributed by atoms with Crippen LogP contribution in [0.1, 0.15) is 22.5 Å². The van der Waals surface area contributed by atoms with Gasteiger partial charge >= 0.3 is 6.18 Å². The van der Waals surface area contributed by atoms with Crippen LogP contribution >= 0.6 is 23.2 Å². The number of halogens is 5. The maximum absolute atomic E-state index is 13.2. The summed E-state index contributed by atoms with van der Waals surface area (Å²) in [5, 5.41) is 12.7. The molecule has 0 unspecified atom stereocenters. The average molecular weight is 478 g/mol. The van der Waals surface area contributed by atoms with Crippen LogP contribution < -0.4 is 5.32 Å². The van der Waals surface area contributed by atoms with Crippen molar-refractivity contribution in [3.05, 3.63) is 86.7 Å². The lowest BCUT2D eigenvalue weighted by Gasteiger charge is -2.15. The largest absolute Gasteiger partial charge is 0.416 e. The number of hydrogen-bond donors (Lipinski definition) is 1. The molecule has 2 aromatic carbocycles. The van der Waals surface area contributed by atoms with Gasteiger partial charge < -0.3 is 9.88 Å². The number of amides is 1. The zero-order valence-corrected chi connectivity index (χ0v) is 18.4. The maximum Gasteiger partial charge on any atom is 0.416 e. The highest BCUT2D eigenvalue weighted by atomic mass is 35.5. The predicted octanol–water partition coefficient (Wildman–Crippen LogP) is 6.97. The van der Waals surface area contributed by atoms with Crippen molar-refractivity contribution >= 4 is 40.9 Å². The number of aryl methyl sites for hydroxylation is 1. The fourth-order valence-corrected chi connectivity index (χ4v) is 3.53. The van der Waals surface area contributed by atoms with Gasteiger partial charge in [-0.25, -0.2) is 0 Å². The van der Waals surface area contributed by atoms with Gasteiger partial charge in [0.05, 0.1) is 16.3 Å². The van der Waals surface area contributed by atoms with Gasteiger partial charge in [0, 0.05) is 22.1 Å². The molecule has 0 aliphatic heterocycles. The molecular formula is C23H16Cl2F3N3O. The number of alkyl halides is 3. The number of aromatic nitrogens is 1. The first-order valence-corrected chi connectivity index (χ1v) is 10.0. The van der Waals surface area contributed by atoms with E-state index in [2.05, 4.69) is 5.32 Å². The number of nitriles is 1. The number of hydrogen-bond acceptors (Lipinski definition) is 2. The molecule has 1 heterocycles. The molecule has 0 saturated heterocycles. The van der Waals surface area contributed by atoms with Gasteiger partial charge in [0.1, 0.15) is 11.6 Å². The summed E-state index contributed by atoms with van der Waals surface area (Å²) in [5.41, 5.74) is 1.22. The van der Waals surface area contributed by atoms with Crippen LogP contribution in [0.4, 0.5) is 18.9 Å². The molecule has 0 saturated carbocycles. The van der Waals surface area contributed by atoms with E-state index in [9.17, 15) is 23.2 Å². The standard InChI is InChI=1S/C23H16Cl2F3N3O/c1-13-9-15(10-16(12-29)22(32)30-19-6-4-18(24)5-7-19)14(2)31(13)21-11-17(23(26,27)28)3-8-20(21)25/h3-11H,1-2H3,(H,30,32). The number of carbonyl (C=O) groups excluding carboxylic acids is 1. The Labute approximate surface area is 192 Å². The van der Waals surface area contributed by atoms with Crippen molar-refractivity contribution in [3.63, 3.8) is 0 Å². The molecular weight excluding hydrogens is 462 g/mol. The van der Waals surface area contributed by atoms with Crippen molar-refractivity contribution in [3.8, 4) is 11.8 Å². The Morgan fingerprint density at radius 1 is 1.09 bits per heavy atom. The van der Waals surface area contributed by atoms with Gasteiger partial charge in [-0.3, -0.25) is 4.79 Å². The fraction of sp³-hybridized carbons (Fsp3) is 0.130. The van der Waals surface area contributed by atoms with Crippen molar-refractivity contribution in [2.24, 2.45) is 0 Å². The summed E-state index contributed by atoms with van der Waals surface area (Å²) in [6, 6.07) is 13.0. The van der Waals surface area contributed by atoms with Crippen molar-refractivity contribution in [2.45, 2.75) is 20.0 Å². The summed E-state index contributed by atoms with van der Waals surface area (Å²) in [5.74, 6) is -0.628. The Bertz CT molecular complexity index is 1250. The molecule has 4 nitrogen and oxygen atoms in total. The minimum Gasteiger partial charge on any atom is -0.321 e. The molecule has 1 aromatic heterocycles. The highest BCUT2D eigenvalue weighted by Gasteiger charge is 2.31. The van der Waals surface area contributed by atoms with E-state index in [4.69, 9.17) is 23.2 Å². The molecule has 0 spiro atoms. The fourth-order valence-electron chi connectivity index (χ4n) is 3.20. The second kappa shape index (κ2) is 9.11. The van der Waals surface area contributed by atoms with Crippen LogP contribution in [-0.2, 0) is 11.0 Å². The Hall–Kier alpha value is -3.21. The van der Waals surface area contributed by atoms with Crippen molar-refractivity contribution < 1.29 is 18.0 Å².